The lowest BCUT2D eigenvalue weighted by atomic mass is 10.0. The van der Waals surface area contributed by atoms with E-state index < -0.39 is 12.0 Å². The second-order valence-electron chi connectivity index (χ2n) is 6.21. The first-order chi connectivity index (χ1) is 12.5. The monoisotopic (exact) mass is 358 g/mol. The first-order valence-corrected chi connectivity index (χ1v) is 8.66. The van der Waals surface area contributed by atoms with Crippen LogP contribution in [-0.4, -0.2) is 41.9 Å². The highest BCUT2D eigenvalue weighted by Crippen LogP contribution is 2.22. The molecular formula is C20H26N2O4. The summed E-state index contributed by atoms with van der Waals surface area (Å²) in [4.78, 5) is 11.2. The molecule has 0 heterocycles. The molecule has 0 aliphatic heterocycles. The number of ether oxygens (including phenoxy) is 1. The van der Waals surface area contributed by atoms with Crippen LogP contribution >= 0.6 is 0 Å². The van der Waals surface area contributed by atoms with Gasteiger partial charge in [-0.05, 0) is 49.1 Å². The predicted molar refractivity (Wildman–Crippen MR) is 100 cm³/mol. The third-order valence-electron chi connectivity index (χ3n) is 4.17. The highest BCUT2D eigenvalue weighted by Gasteiger charge is 2.09. The topological polar surface area (TPSA) is 105 Å². The molecule has 0 aromatic heterocycles. The zero-order valence-corrected chi connectivity index (χ0v) is 14.9. The number of nitrogens with one attached hydrogen (secondary N) is 1. The van der Waals surface area contributed by atoms with E-state index in [2.05, 4.69) is 24.4 Å². The quantitative estimate of drug-likeness (QED) is 0.485. The van der Waals surface area contributed by atoms with Crippen LogP contribution in [0.2, 0.25) is 0 Å². The maximum absolute atomic E-state index is 11.2. The van der Waals surface area contributed by atoms with Gasteiger partial charge in [-0.25, -0.2) is 0 Å². The van der Waals surface area contributed by atoms with Crippen molar-refractivity contribution in [1.82, 2.24) is 5.32 Å². The zero-order chi connectivity index (χ0) is 18.9. The van der Waals surface area contributed by atoms with Crippen molar-refractivity contribution in [1.29, 1.82) is 0 Å². The number of aromatic hydroxyl groups is 1. The number of hydrogen-bond donors (Lipinski definition) is 4. The van der Waals surface area contributed by atoms with Gasteiger partial charge in [-0.1, -0.05) is 24.3 Å². The molecule has 0 aliphatic rings. The van der Waals surface area contributed by atoms with Crippen molar-refractivity contribution in [3.05, 3.63) is 59.2 Å². The lowest BCUT2D eigenvalue weighted by Crippen LogP contribution is -2.30. The number of nitrogens with two attached hydrogens (primary N) is 1. The standard InChI is InChI=1S/C20H26N2O4/c1-14-4-2-3-5-15(14)6-7-16(23)13-22-10-11-26-17-8-9-19(24)18(12-17)20(21)25/h2-5,8-9,12,16,22-24H,6-7,10-11,13H2,1H3,(H2,21,25). The normalized spacial score (nSPS) is 11.9. The Bertz CT molecular complexity index is 734. The minimum atomic E-state index is -0.706. The van der Waals surface area contributed by atoms with Gasteiger partial charge in [-0.2, -0.15) is 0 Å². The van der Waals surface area contributed by atoms with Crippen molar-refractivity contribution in [2.75, 3.05) is 19.7 Å². The molecule has 0 saturated carbocycles. The highest BCUT2D eigenvalue weighted by molar-refractivity contribution is 5.95. The van der Waals surface area contributed by atoms with Gasteiger partial charge in [-0.3, -0.25) is 4.79 Å². The van der Waals surface area contributed by atoms with Crippen molar-refractivity contribution >= 4 is 5.91 Å². The second kappa shape index (κ2) is 9.79. The molecule has 1 unspecified atom stereocenters. The Hall–Kier alpha value is -2.57. The third kappa shape index (κ3) is 6.06. The molecule has 6 heteroatoms. The Morgan fingerprint density at radius 1 is 1.27 bits per heavy atom. The van der Waals surface area contributed by atoms with Crippen LogP contribution in [0.1, 0.15) is 27.9 Å². The summed E-state index contributed by atoms with van der Waals surface area (Å²) in [5.74, 6) is -0.416. The minimum Gasteiger partial charge on any atom is -0.507 e. The molecule has 0 aliphatic carbocycles. The van der Waals surface area contributed by atoms with Gasteiger partial charge in [0.1, 0.15) is 18.1 Å². The Labute approximate surface area is 153 Å². The smallest absolute Gasteiger partial charge is 0.252 e. The summed E-state index contributed by atoms with van der Waals surface area (Å²) in [7, 11) is 0. The fourth-order valence-corrected chi connectivity index (χ4v) is 2.63. The summed E-state index contributed by atoms with van der Waals surface area (Å²) >= 11 is 0. The van der Waals surface area contributed by atoms with E-state index in [0.29, 0.717) is 31.9 Å². The number of phenols is 1. The van der Waals surface area contributed by atoms with Crippen LogP contribution in [0, 0.1) is 6.92 Å². The Balaban J connectivity index is 1.65. The molecule has 1 amide bonds. The van der Waals surface area contributed by atoms with Gasteiger partial charge in [0.05, 0.1) is 11.7 Å². The van der Waals surface area contributed by atoms with E-state index in [9.17, 15) is 15.0 Å². The number of aliphatic hydroxyl groups is 1. The van der Waals surface area contributed by atoms with E-state index in [4.69, 9.17) is 10.5 Å². The largest absolute Gasteiger partial charge is 0.507 e. The van der Waals surface area contributed by atoms with Gasteiger partial charge in [-0.15, -0.1) is 0 Å². The molecule has 0 fully saturated rings. The number of carbonyl (C=O) groups excluding carboxylic acids is 1. The third-order valence-corrected chi connectivity index (χ3v) is 4.17. The SMILES string of the molecule is Cc1ccccc1CCC(O)CNCCOc1ccc(O)c(C(N)=O)c1. The first-order valence-electron chi connectivity index (χ1n) is 8.66. The van der Waals surface area contributed by atoms with Crippen LogP contribution < -0.4 is 15.8 Å². The van der Waals surface area contributed by atoms with Gasteiger partial charge in [0.15, 0.2) is 0 Å². The number of carbonyl (C=O) groups is 1. The number of amides is 1. The van der Waals surface area contributed by atoms with Crippen molar-refractivity contribution < 1.29 is 19.7 Å². The summed E-state index contributed by atoms with van der Waals surface area (Å²) in [6.45, 7) is 3.48. The van der Waals surface area contributed by atoms with Crippen molar-refractivity contribution in [3.63, 3.8) is 0 Å². The summed E-state index contributed by atoms with van der Waals surface area (Å²) in [5.41, 5.74) is 7.71. The number of aliphatic hydroxyl groups excluding tert-OH is 1. The highest BCUT2D eigenvalue weighted by atomic mass is 16.5. The average Bonchev–Trinajstić information content (AvgIpc) is 2.61. The summed E-state index contributed by atoms with van der Waals surface area (Å²) < 4.78 is 5.52. The Morgan fingerprint density at radius 3 is 2.77 bits per heavy atom. The van der Waals surface area contributed by atoms with Crippen LogP contribution in [0.3, 0.4) is 0 Å². The Morgan fingerprint density at radius 2 is 2.04 bits per heavy atom. The van der Waals surface area contributed by atoms with Crippen LogP contribution in [0.25, 0.3) is 0 Å². The minimum absolute atomic E-state index is 0.0297. The van der Waals surface area contributed by atoms with E-state index in [1.165, 1.54) is 23.3 Å². The number of rotatable bonds is 10. The van der Waals surface area contributed by atoms with Crippen molar-refractivity contribution in [2.45, 2.75) is 25.9 Å². The lowest BCUT2D eigenvalue weighted by molar-refractivity contribution is 0.0997. The molecular weight excluding hydrogens is 332 g/mol. The molecule has 0 spiro atoms. The maximum Gasteiger partial charge on any atom is 0.252 e. The van der Waals surface area contributed by atoms with E-state index in [0.717, 1.165) is 6.42 Å². The molecule has 6 nitrogen and oxygen atoms in total. The van der Waals surface area contributed by atoms with Gasteiger partial charge in [0.2, 0.25) is 0 Å². The van der Waals surface area contributed by atoms with E-state index in [1.54, 1.807) is 6.07 Å². The van der Waals surface area contributed by atoms with E-state index >= 15 is 0 Å². The van der Waals surface area contributed by atoms with Gasteiger partial charge in [0, 0.05) is 13.1 Å². The molecule has 1 atom stereocenters. The number of hydrogen-bond acceptors (Lipinski definition) is 5. The molecule has 0 radical (unpaired) electrons. The van der Waals surface area contributed by atoms with Crippen molar-refractivity contribution in [3.8, 4) is 11.5 Å². The van der Waals surface area contributed by atoms with E-state index in [-0.39, 0.29) is 11.3 Å². The van der Waals surface area contributed by atoms with E-state index in [1.807, 2.05) is 12.1 Å². The van der Waals surface area contributed by atoms with Gasteiger partial charge in [0.25, 0.3) is 5.91 Å². The molecule has 2 aromatic carbocycles. The molecule has 0 saturated heterocycles. The lowest BCUT2D eigenvalue weighted by Gasteiger charge is -2.13. The second-order valence-corrected chi connectivity index (χ2v) is 6.21. The number of aryl methyl sites for hydroxylation is 2. The first kappa shape index (κ1) is 19.8. The number of primary amides is 1. The Kier molecular flexibility index (Phi) is 7.44. The predicted octanol–water partition coefficient (Wildman–Crippen LogP) is 1.76. The molecule has 140 valence electrons. The molecule has 0 bridgehead atoms. The fourth-order valence-electron chi connectivity index (χ4n) is 2.63. The molecule has 2 aromatic rings. The molecule has 2 rings (SSSR count). The fraction of sp³-hybridized carbons (Fsp3) is 0.350. The van der Waals surface area contributed by atoms with Crippen LogP contribution in [-0.2, 0) is 6.42 Å². The summed E-state index contributed by atoms with van der Waals surface area (Å²) in [6, 6.07) is 12.5. The van der Waals surface area contributed by atoms with Crippen molar-refractivity contribution in [2.24, 2.45) is 5.73 Å². The van der Waals surface area contributed by atoms with Crippen LogP contribution in [0.5, 0.6) is 11.5 Å². The average molecular weight is 358 g/mol. The van der Waals surface area contributed by atoms with Gasteiger partial charge < -0.3 is 26.0 Å². The molecule has 26 heavy (non-hydrogen) atoms. The van der Waals surface area contributed by atoms with Gasteiger partial charge >= 0.3 is 0 Å². The number of benzene rings is 2. The van der Waals surface area contributed by atoms with Crippen LogP contribution in [0.4, 0.5) is 0 Å². The molecule has 5 N–H and O–H groups in total. The van der Waals surface area contributed by atoms with Crippen LogP contribution in [0.15, 0.2) is 42.5 Å². The summed E-state index contributed by atoms with van der Waals surface area (Å²) in [6.07, 6.45) is 1.11. The maximum atomic E-state index is 11.2. The zero-order valence-electron chi connectivity index (χ0n) is 14.9. The summed E-state index contributed by atoms with van der Waals surface area (Å²) in [5, 5.41) is 22.7.